The average Bonchev–Trinajstić information content (AvgIpc) is 4.15. The van der Waals surface area contributed by atoms with E-state index in [0.717, 1.165) is 98.8 Å². The first kappa shape index (κ1) is 45.3. The van der Waals surface area contributed by atoms with Gasteiger partial charge in [-0.15, -0.1) is 0 Å². The Balaban J connectivity index is 0.000000184. The molecule has 2 atom stereocenters. The largest absolute Gasteiger partial charge is 0.456 e. The van der Waals surface area contributed by atoms with Crippen LogP contribution in [-0.4, -0.2) is 71.1 Å². The Morgan fingerprint density at radius 2 is 1.07 bits per heavy atom. The molecule has 0 radical (unpaired) electrons. The fourth-order valence-electron chi connectivity index (χ4n) is 8.59. The Kier molecular flexibility index (Phi) is 12.0. The summed E-state index contributed by atoms with van der Waals surface area (Å²) in [7, 11) is 0. The van der Waals surface area contributed by atoms with Crippen LogP contribution in [-0.2, 0) is 9.47 Å². The molecule has 0 bridgehead atoms. The van der Waals surface area contributed by atoms with Crippen molar-refractivity contribution in [1.82, 2.24) is 29.7 Å². The van der Waals surface area contributed by atoms with Crippen molar-refractivity contribution in [3.8, 4) is 45.2 Å². The second-order valence-corrected chi connectivity index (χ2v) is 19.2. The van der Waals surface area contributed by atoms with Gasteiger partial charge in [0.1, 0.15) is 45.5 Å². The number of nitrogens with one attached hydrogen (secondary N) is 2. The minimum Gasteiger partial charge on any atom is -0.456 e. The number of nitrogen functional groups attached to an aromatic ring is 1. The van der Waals surface area contributed by atoms with E-state index in [1.807, 2.05) is 114 Å². The van der Waals surface area contributed by atoms with Crippen molar-refractivity contribution in [2.24, 2.45) is 0 Å². The van der Waals surface area contributed by atoms with Crippen molar-refractivity contribution >= 4 is 45.5 Å². The maximum Gasteiger partial charge on any atom is 0.410 e. The molecule has 2 fully saturated rings. The molecule has 8 aromatic rings. The van der Waals surface area contributed by atoms with Gasteiger partial charge in [0.25, 0.3) is 5.69 Å². The summed E-state index contributed by atoms with van der Waals surface area (Å²) >= 11 is 0. The van der Waals surface area contributed by atoms with E-state index in [4.69, 9.17) is 24.0 Å². The van der Waals surface area contributed by atoms with Gasteiger partial charge < -0.3 is 34.0 Å². The number of aromatic amines is 2. The lowest BCUT2D eigenvalue weighted by Gasteiger charge is -2.27. The van der Waals surface area contributed by atoms with E-state index in [1.54, 1.807) is 28.1 Å². The van der Waals surface area contributed by atoms with Gasteiger partial charge >= 0.3 is 12.2 Å². The SMILES string of the molecule is CC(C)(C)OC(=O)N1CCC[C@H]1c1ncc(-c2ccc3oc(-c4ccc(N)cc4)cc3c2)[nH]1.CC(C)(C)OC(=O)N1CCC[C@H]1c1ncc(-c2ccc3oc(-c4ccc([N+](=O)[O-])cc4)cc3c2)[nH]1.[HH]. The molecule has 0 saturated carbocycles. The lowest BCUT2D eigenvalue weighted by molar-refractivity contribution is -0.384. The highest BCUT2D eigenvalue weighted by Crippen LogP contribution is 2.37. The topological polar surface area (TPSA) is 212 Å². The van der Waals surface area contributed by atoms with Crippen LogP contribution in [0.3, 0.4) is 0 Å². The Labute approximate surface area is 394 Å². The van der Waals surface area contributed by atoms with Gasteiger partial charge in [-0.1, -0.05) is 0 Å². The number of ether oxygens (including phenoxy) is 2. The second kappa shape index (κ2) is 18.1. The number of amides is 2. The molecule has 16 nitrogen and oxygen atoms in total. The highest BCUT2D eigenvalue weighted by atomic mass is 16.6. The quantitative estimate of drug-likeness (QED) is 0.0777. The molecule has 2 aliphatic heterocycles. The number of nitrogens with zero attached hydrogens (tertiary/aromatic N) is 5. The van der Waals surface area contributed by atoms with Crippen LogP contribution < -0.4 is 5.73 Å². The third-order valence-electron chi connectivity index (χ3n) is 11.8. The Bertz CT molecular complexity index is 3120. The third kappa shape index (κ3) is 9.94. The van der Waals surface area contributed by atoms with Crippen LogP contribution in [0.4, 0.5) is 21.0 Å². The number of benzene rings is 4. The highest BCUT2D eigenvalue weighted by Gasteiger charge is 2.36. The van der Waals surface area contributed by atoms with Gasteiger partial charge in [-0.25, -0.2) is 19.6 Å². The van der Waals surface area contributed by atoms with E-state index < -0.39 is 16.1 Å². The molecule has 4 aromatic carbocycles. The minimum absolute atomic E-state index is 0. The number of hydrogen-bond donors (Lipinski definition) is 3. The van der Waals surface area contributed by atoms with Gasteiger partial charge in [-0.05, 0) is 152 Å². The van der Waals surface area contributed by atoms with Crippen LogP contribution >= 0.6 is 0 Å². The molecular weight excluding hydrogens is 865 g/mol. The summed E-state index contributed by atoms with van der Waals surface area (Å²) < 4.78 is 23.1. The van der Waals surface area contributed by atoms with Crippen molar-refractivity contribution in [2.75, 3.05) is 18.8 Å². The lowest BCUT2D eigenvalue weighted by Crippen LogP contribution is -2.36. The number of nitro groups is 1. The number of likely N-dealkylation sites (tertiary alicyclic amines) is 2. The summed E-state index contributed by atoms with van der Waals surface area (Å²) in [5.74, 6) is 2.95. The molecule has 2 saturated heterocycles. The standard InChI is InChI=1S/C26H26N4O5.C26H28N4O3.H2/c1-26(2,3)35-25(31)29-12-4-5-21(29)24-27-15-20(28-24)17-8-11-22-18(13-17)14-23(34-22)16-6-9-19(10-7-16)30(32)33;1-26(2,3)33-25(31)30-12-4-5-21(30)24-28-15-20(29-24)17-8-11-22-18(13-17)14-23(32-22)16-6-9-19(27)10-7-16;/h6-11,13-15,21H,4-5,12H2,1-3H3,(H,27,28);6-11,13-15,21H,4-5,12,27H2,1-3H3,(H,28,29);1H/t2*21-;/m00./s1. The third-order valence-corrected chi connectivity index (χ3v) is 11.8. The van der Waals surface area contributed by atoms with Crippen molar-refractivity contribution in [1.29, 1.82) is 0 Å². The summed E-state index contributed by atoms with van der Waals surface area (Å²) in [6, 6.07) is 29.5. The van der Waals surface area contributed by atoms with Gasteiger partial charge in [0.15, 0.2) is 0 Å². The van der Waals surface area contributed by atoms with Gasteiger partial charge in [0, 0.05) is 65.4 Å². The summed E-state index contributed by atoms with van der Waals surface area (Å²) in [6.45, 7) is 12.5. The fourth-order valence-corrected chi connectivity index (χ4v) is 8.59. The first-order chi connectivity index (χ1) is 32.4. The summed E-state index contributed by atoms with van der Waals surface area (Å²) in [5.41, 5.74) is 12.4. The predicted octanol–water partition coefficient (Wildman–Crippen LogP) is 12.9. The van der Waals surface area contributed by atoms with Crippen LogP contribution in [0.15, 0.2) is 118 Å². The van der Waals surface area contributed by atoms with E-state index in [1.165, 1.54) is 12.1 Å². The Morgan fingerprint density at radius 1 is 0.662 bits per heavy atom. The van der Waals surface area contributed by atoms with E-state index in [9.17, 15) is 19.7 Å². The summed E-state index contributed by atoms with van der Waals surface area (Å²) in [6.07, 6.45) is 6.49. The molecule has 0 spiro atoms. The number of non-ortho nitro benzene ring substituents is 1. The smallest absolute Gasteiger partial charge is 0.410 e. The number of carbonyl (C=O) groups is 2. The molecule has 2 aliphatic rings. The zero-order chi connectivity index (χ0) is 47.9. The molecule has 4 N–H and O–H groups in total. The normalized spacial score (nSPS) is 16.3. The molecule has 2 amide bonds. The molecule has 16 heteroatoms. The number of furan rings is 2. The first-order valence-electron chi connectivity index (χ1n) is 22.7. The van der Waals surface area contributed by atoms with Crippen molar-refractivity contribution < 1.29 is 34.2 Å². The van der Waals surface area contributed by atoms with E-state index in [2.05, 4.69) is 26.0 Å². The van der Waals surface area contributed by atoms with Crippen LogP contribution in [0.25, 0.3) is 67.1 Å². The fraction of sp³-hybridized carbons (Fsp3) is 0.308. The first-order valence-corrected chi connectivity index (χ1v) is 22.7. The number of imidazole rings is 2. The highest BCUT2D eigenvalue weighted by molar-refractivity contribution is 5.88. The number of carbonyl (C=O) groups excluding carboxylic acids is 2. The van der Waals surface area contributed by atoms with Crippen LogP contribution in [0.2, 0.25) is 0 Å². The summed E-state index contributed by atoms with van der Waals surface area (Å²) in [4.78, 5) is 55.3. The Morgan fingerprint density at radius 3 is 1.49 bits per heavy atom. The van der Waals surface area contributed by atoms with Crippen LogP contribution in [0.1, 0.15) is 92.4 Å². The number of nitrogens with two attached hydrogens (primary N) is 1. The monoisotopic (exact) mass is 920 g/mol. The number of H-pyrrole nitrogens is 2. The number of rotatable bonds is 7. The zero-order valence-corrected chi connectivity index (χ0v) is 38.9. The zero-order valence-electron chi connectivity index (χ0n) is 38.9. The van der Waals surface area contributed by atoms with Gasteiger partial charge in [-0.2, -0.15) is 0 Å². The Hall–Kier alpha value is -7.88. The number of anilines is 1. The van der Waals surface area contributed by atoms with E-state index in [0.29, 0.717) is 24.4 Å². The predicted molar refractivity (Wildman–Crippen MR) is 261 cm³/mol. The maximum atomic E-state index is 12.7. The number of nitro benzene ring substituents is 1. The van der Waals surface area contributed by atoms with Crippen molar-refractivity contribution in [3.63, 3.8) is 0 Å². The van der Waals surface area contributed by atoms with Crippen molar-refractivity contribution in [3.05, 3.63) is 131 Å². The molecule has 6 heterocycles. The van der Waals surface area contributed by atoms with Crippen LogP contribution in [0, 0.1) is 10.1 Å². The van der Waals surface area contributed by atoms with Gasteiger partial charge in [0.2, 0.25) is 0 Å². The molecule has 68 heavy (non-hydrogen) atoms. The molecule has 4 aromatic heterocycles. The van der Waals surface area contributed by atoms with Gasteiger partial charge in [0.05, 0.1) is 40.8 Å². The van der Waals surface area contributed by atoms with Gasteiger partial charge in [-0.3, -0.25) is 19.9 Å². The summed E-state index contributed by atoms with van der Waals surface area (Å²) in [5, 5.41) is 12.8. The molecule has 10 rings (SSSR count). The van der Waals surface area contributed by atoms with Crippen LogP contribution in [0.5, 0.6) is 0 Å². The second-order valence-electron chi connectivity index (χ2n) is 19.2. The molecular formula is C52H56N8O8. The van der Waals surface area contributed by atoms with Crippen molar-refractivity contribution in [2.45, 2.75) is 90.5 Å². The number of hydrogen-bond acceptors (Lipinski definition) is 11. The molecule has 0 unspecified atom stereocenters. The van der Waals surface area contributed by atoms with E-state index >= 15 is 0 Å². The number of fused-ring (bicyclic) bond motifs is 2. The van der Waals surface area contributed by atoms with E-state index in [-0.39, 0.29) is 31.4 Å². The average molecular weight is 921 g/mol. The molecule has 0 aliphatic carbocycles. The lowest BCUT2D eigenvalue weighted by atomic mass is 10.1. The maximum absolute atomic E-state index is 12.7. The number of aromatic nitrogens is 4. The molecule has 352 valence electrons. The minimum atomic E-state index is -0.550.